The lowest BCUT2D eigenvalue weighted by molar-refractivity contribution is -0.117. The number of carbonyl (C=O) groups excluding carboxylic acids is 2. The first-order chi connectivity index (χ1) is 12.2. The lowest BCUT2D eigenvalue weighted by Gasteiger charge is -2.23. The summed E-state index contributed by atoms with van der Waals surface area (Å²) in [7, 11) is 0. The molecule has 2 N–H and O–H groups in total. The van der Waals surface area contributed by atoms with E-state index in [2.05, 4.69) is 25.7 Å². The molecule has 2 amide bonds. The highest BCUT2D eigenvalue weighted by molar-refractivity contribution is 6.03. The summed E-state index contributed by atoms with van der Waals surface area (Å²) in [5.41, 5.74) is 1.35. The van der Waals surface area contributed by atoms with Gasteiger partial charge in [-0.05, 0) is 17.7 Å². The number of carbonyl (C=O) groups is 2. The Morgan fingerprint density at radius 3 is 2.80 bits per heavy atom. The summed E-state index contributed by atoms with van der Waals surface area (Å²) in [5.74, 6) is -0.0592. The largest absolute Gasteiger partial charge is 0.295 e. The average Bonchev–Trinajstić information content (AvgIpc) is 3.04. The van der Waals surface area contributed by atoms with Gasteiger partial charge in [-0.15, -0.1) is 5.10 Å². The molecular weight excluding hydrogens is 320 g/mol. The predicted molar refractivity (Wildman–Crippen MR) is 90.0 cm³/mol. The number of benzene rings is 1. The molecule has 0 fully saturated rings. The molecule has 1 aromatic carbocycles. The van der Waals surface area contributed by atoms with E-state index in [9.17, 15) is 9.59 Å². The minimum absolute atomic E-state index is 0.131. The smallest absolute Gasteiger partial charge is 0.259 e. The van der Waals surface area contributed by atoms with Crippen LogP contribution in [0.1, 0.15) is 28.4 Å². The van der Waals surface area contributed by atoms with Gasteiger partial charge >= 0.3 is 0 Å². The Labute approximate surface area is 142 Å². The molecule has 3 aromatic rings. The molecule has 0 spiro atoms. The molecular formula is C17H14N6O2. The quantitative estimate of drug-likeness (QED) is 0.761. The van der Waals surface area contributed by atoms with Gasteiger partial charge in [0, 0.05) is 12.4 Å². The Morgan fingerprint density at radius 1 is 1.20 bits per heavy atom. The second-order valence-electron chi connectivity index (χ2n) is 5.58. The number of hydrogen-bond donors (Lipinski definition) is 2. The maximum absolute atomic E-state index is 12.2. The van der Waals surface area contributed by atoms with Gasteiger partial charge in [-0.1, -0.05) is 30.3 Å². The summed E-state index contributed by atoms with van der Waals surface area (Å²) in [6.07, 6.45) is 3.31. The van der Waals surface area contributed by atoms with Crippen molar-refractivity contribution in [2.45, 2.75) is 12.5 Å². The molecule has 1 atom stereocenters. The van der Waals surface area contributed by atoms with Crippen LogP contribution >= 0.6 is 0 Å². The van der Waals surface area contributed by atoms with E-state index in [1.165, 1.54) is 6.20 Å². The van der Waals surface area contributed by atoms with Gasteiger partial charge in [0.1, 0.15) is 0 Å². The first-order valence-corrected chi connectivity index (χ1v) is 7.73. The van der Waals surface area contributed by atoms with Gasteiger partial charge in [-0.2, -0.15) is 4.98 Å². The molecule has 0 aliphatic carbocycles. The number of amides is 2. The van der Waals surface area contributed by atoms with Gasteiger partial charge in [-0.25, -0.2) is 4.68 Å². The fourth-order valence-electron chi connectivity index (χ4n) is 2.72. The van der Waals surface area contributed by atoms with Gasteiger partial charge in [-0.3, -0.25) is 25.2 Å². The van der Waals surface area contributed by atoms with Gasteiger partial charge in [0.05, 0.1) is 18.0 Å². The van der Waals surface area contributed by atoms with Crippen molar-refractivity contribution in [3.63, 3.8) is 0 Å². The van der Waals surface area contributed by atoms with E-state index in [4.69, 9.17) is 0 Å². The van der Waals surface area contributed by atoms with Gasteiger partial charge in [0.25, 0.3) is 11.9 Å². The molecule has 25 heavy (non-hydrogen) atoms. The Bertz CT molecular complexity index is 923. The summed E-state index contributed by atoms with van der Waals surface area (Å²) in [5, 5.41) is 9.66. The van der Waals surface area contributed by atoms with Crippen molar-refractivity contribution < 1.29 is 9.59 Å². The molecule has 0 saturated heterocycles. The van der Waals surface area contributed by atoms with Crippen molar-refractivity contribution in [2.75, 3.05) is 10.6 Å². The number of pyridine rings is 1. The summed E-state index contributed by atoms with van der Waals surface area (Å²) < 4.78 is 1.62. The van der Waals surface area contributed by atoms with Crippen LogP contribution in [-0.2, 0) is 4.79 Å². The van der Waals surface area contributed by atoms with Crippen molar-refractivity contribution in [2.24, 2.45) is 0 Å². The maximum atomic E-state index is 12.2. The number of nitrogens with one attached hydrogen (secondary N) is 2. The van der Waals surface area contributed by atoms with Crippen molar-refractivity contribution in [3.8, 4) is 0 Å². The topological polar surface area (TPSA) is 102 Å². The zero-order chi connectivity index (χ0) is 17.2. The molecule has 0 bridgehead atoms. The number of fused-ring (bicyclic) bond motifs is 1. The van der Waals surface area contributed by atoms with Crippen LogP contribution in [-0.4, -0.2) is 31.6 Å². The van der Waals surface area contributed by atoms with Crippen LogP contribution in [0.5, 0.6) is 0 Å². The highest BCUT2D eigenvalue weighted by Crippen LogP contribution is 2.29. The summed E-state index contributed by atoms with van der Waals surface area (Å²) >= 11 is 0. The number of aromatic nitrogens is 4. The van der Waals surface area contributed by atoms with Crippen molar-refractivity contribution in [1.82, 2.24) is 19.7 Å². The predicted octanol–water partition coefficient (Wildman–Crippen LogP) is 1.86. The first kappa shape index (κ1) is 15.0. The normalized spacial score (nSPS) is 16.0. The molecule has 0 radical (unpaired) electrons. The molecule has 1 aliphatic heterocycles. The number of anilines is 2. The van der Waals surface area contributed by atoms with Gasteiger partial charge in [0.2, 0.25) is 11.9 Å². The van der Waals surface area contributed by atoms with Crippen molar-refractivity contribution in [3.05, 3.63) is 66.0 Å². The van der Waals surface area contributed by atoms with Gasteiger partial charge < -0.3 is 0 Å². The van der Waals surface area contributed by atoms with E-state index in [0.717, 1.165) is 5.56 Å². The van der Waals surface area contributed by atoms with Crippen LogP contribution in [0.25, 0.3) is 0 Å². The van der Waals surface area contributed by atoms with E-state index in [1.807, 2.05) is 30.3 Å². The molecule has 0 saturated carbocycles. The molecule has 2 aromatic heterocycles. The molecule has 8 nitrogen and oxygen atoms in total. The molecule has 4 rings (SSSR count). The number of rotatable bonds is 3. The van der Waals surface area contributed by atoms with E-state index in [0.29, 0.717) is 11.5 Å². The first-order valence-electron chi connectivity index (χ1n) is 7.73. The summed E-state index contributed by atoms with van der Waals surface area (Å²) in [6, 6.07) is 12.6. The summed E-state index contributed by atoms with van der Waals surface area (Å²) in [4.78, 5) is 32.3. The minimum Gasteiger partial charge on any atom is -0.295 e. The minimum atomic E-state index is -0.362. The summed E-state index contributed by atoms with van der Waals surface area (Å²) in [6.45, 7) is 0. The average molecular weight is 334 g/mol. The maximum Gasteiger partial charge on any atom is 0.259 e. The SMILES string of the molecule is O=C1C[C@@H](c2ccccc2)n2nc(NC(=O)c3cccnc3)nc2N1. The van der Waals surface area contributed by atoms with Crippen LogP contribution in [0.15, 0.2) is 54.9 Å². The lowest BCUT2D eigenvalue weighted by atomic mass is 10.0. The van der Waals surface area contributed by atoms with Crippen LogP contribution < -0.4 is 10.6 Å². The Kier molecular flexibility index (Phi) is 3.70. The van der Waals surface area contributed by atoms with Crippen molar-refractivity contribution in [1.29, 1.82) is 0 Å². The van der Waals surface area contributed by atoms with E-state index in [1.54, 1.807) is 23.0 Å². The Morgan fingerprint density at radius 2 is 2.04 bits per heavy atom. The molecule has 1 aliphatic rings. The van der Waals surface area contributed by atoms with Crippen LogP contribution in [0.3, 0.4) is 0 Å². The van der Waals surface area contributed by atoms with E-state index >= 15 is 0 Å². The second kappa shape index (κ2) is 6.16. The fraction of sp³-hybridized carbons (Fsp3) is 0.118. The third-order valence-corrected chi connectivity index (χ3v) is 3.89. The highest BCUT2D eigenvalue weighted by atomic mass is 16.2. The van der Waals surface area contributed by atoms with E-state index < -0.39 is 0 Å². The molecule has 0 unspecified atom stereocenters. The number of nitrogens with zero attached hydrogens (tertiary/aromatic N) is 4. The van der Waals surface area contributed by atoms with Crippen LogP contribution in [0.2, 0.25) is 0 Å². The fourth-order valence-corrected chi connectivity index (χ4v) is 2.72. The van der Waals surface area contributed by atoms with Crippen molar-refractivity contribution >= 4 is 23.7 Å². The van der Waals surface area contributed by atoms with Gasteiger partial charge in [0.15, 0.2) is 0 Å². The molecule has 124 valence electrons. The molecule has 8 heteroatoms. The van der Waals surface area contributed by atoms with Crippen LogP contribution in [0, 0.1) is 0 Å². The lowest BCUT2D eigenvalue weighted by Crippen LogP contribution is -2.29. The zero-order valence-electron chi connectivity index (χ0n) is 13.1. The third kappa shape index (κ3) is 2.97. The van der Waals surface area contributed by atoms with Crippen LogP contribution in [0.4, 0.5) is 11.9 Å². The standard InChI is InChI=1S/C17H14N6O2/c24-14-9-13(11-5-2-1-3-6-11)23-17(19-14)21-16(22-23)20-15(25)12-7-4-8-18-10-12/h1-8,10,13H,9H2,(H2,19,20,21,22,24,25)/t13-/m0/s1. The third-order valence-electron chi connectivity index (χ3n) is 3.89. The monoisotopic (exact) mass is 334 g/mol. The zero-order valence-corrected chi connectivity index (χ0v) is 13.1. The second-order valence-corrected chi connectivity index (χ2v) is 5.58. The molecule has 3 heterocycles. The number of hydrogen-bond acceptors (Lipinski definition) is 5. The Hall–Kier alpha value is -3.55. The highest BCUT2D eigenvalue weighted by Gasteiger charge is 2.29. The van der Waals surface area contributed by atoms with E-state index in [-0.39, 0.29) is 30.2 Å². The Balaban J connectivity index is 1.63.